The maximum Gasteiger partial charge on any atom is 0.522 e. The zero-order valence-corrected chi connectivity index (χ0v) is 53.4. The van der Waals surface area contributed by atoms with Gasteiger partial charge < -0.3 is 44.1 Å². The van der Waals surface area contributed by atoms with E-state index in [9.17, 15) is 13.2 Å². The first-order chi connectivity index (χ1) is 42.9. The van der Waals surface area contributed by atoms with Crippen molar-refractivity contribution in [1.29, 1.82) is 0 Å². The Kier molecular flexibility index (Phi) is 27.0. The van der Waals surface area contributed by atoms with Gasteiger partial charge in [-0.05, 0) is 81.8 Å². The van der Waals surface area contributed by atoms with Crippen molar-refractivity contribution in [3.05, 3.63) is 292 Å². The Balaban J connectivity index is 0.000000187. The number of rotatable bonds is 6. The number of pyridine rings is 4. The molecule has 19 heteroatoms. The van der Waals surface area contributed by atoms with E-state index in [0.29, 0.717) is 46.0 Å². The minimum absolute atomic E-state index is 0. The summed E-state index contributed by atoms with van der Waals surface area (Å²) in [6.45, 7) is 0. The van der Waals surface area contributed by atoms with E-state index in [2.05, 4.69) is 62.4 Å². The van der Waals surface area contributed by atoms with Crippen molar-refractivity contribution in [3.8, 4) is 113 Å². The second-order valence-corrected chi connectivity index (χ2v) is 19.5. The summed E-state index contributed by atoms with van der Waals surface area (Å²) < 4.78 is 81.7. The van der Waals surface area contributed by atoms with Gasteiger partial charge in [0.2, 0.25) is 0 Å². The second-order valence-electron chi connectivity index (χ2n) is 18.0. The molecular weight excluding hydrogens is 1530 g/mol. The monoisotopic (exact) mass is 1580 g/mol. The number of ether oxygens (including phenoxy) is 4. The summed E-state index contributed by atoms with van der Waals surface area (Å²) in [5.41, 5.74) is 6.57. The van der Waals surface area contributed by atoms with Gasteiger partial charge in [0.05, 0.1) is 18.1 Å². The number of alkyl halides is 3. The van der Waals surface area contributed by atoms with Crippen LogP contribution >= 0.6 is 0 Å². The molecule has 0 saturated heterocycles. The number of nitrogens with zero attached hydrogens (tertiary/aromatic N) is 4. The third-order valence-electron chi connectivity index (χ3n) is 12.3. The summed E-state index contributed by atoms with van der Waals surface area (Å²) >= 11 is 0. The summed E-state index contributed by atoms with van der Waals surface area (Å²) in [5, 5.41) is 14.0. The van der Waals surface area contributed by atoms with Crippen molar-refractivity contribution in [2.24, 2.45) is 0 Å². The van der Waals surface area contributed by atoms with E-state index < -0.39 is 15.6 Å². The van der Waals surface area contributed by atoms with Crippen LogP contribution in [-0.2, 0) is 50.3 Å². The van der Waals surface area contributed by atoms with E-state index in [-0.39, 0.29) is 40.2 Å². The van der Waals surface area contributed by atoms with Gasteiger partial charge in [-0.2, -0.15) is 21.6 Å². The fourth-order valence-electron chi connectivity index (χ4n) is 8.22. The van der Waals surface area contributed by atoms with Gasteiger partial charge in [-0.25, -0.2) is 0 Å². The van der Waals surface area contributed by atoms with Gasteiger partial charge in [0.25, 0.3) is 0 Å². The van der Waals surface area contributed by atoms with Crippen LogP contribution in [0.15, 0.2) is 274 Å². The average Bonchev–Trinajstić information content (AvgIpc) is 0.951. The molecule has 3 N–H and O–H groups in total. The molecule has 0 atom stereocenters. The standard InChI is InChI=1S/C23H15NO2.C23H14NO2.2C11H8N.CHF3O3S.2CH4O.2Ir/c2*1-3-7-16(8-4-1)18-11-12-20-21(13-18)26-22-14-19(24-15-23(22)25-20)17-9-5-2-6-10-17;2*1-2-6-10(7-3-1)11-8-4-5-9-12-11;2-1(3,4)8(5,6)7;2*1-2;;/h1-15H;1-9,11-15H;2*1-6,8-9H;(H,5,6,7);2*2H,1H3;;/q;3*-1;;;;;. The van der Waals surface area contributed by atoms with Gasteiger partial charge in [-0.1, -0.05) is 127 Å². The van der Waals surface area contributed by atoms with E-state index in [1.54, 1.807) is 24.8 Å². The molecule has 2 radical (unpaired) electrons. The van der Waals surface area contributed by atoms with Crippen molar-refractivity contribution in [3.63, 3.8) is 0 Å². The average molecular weight is 1580 g/mol. The van der Waals surface area contributed by atoms with Gasteiger partial charge in [-0.3, -0.25) is 9.54 Å². The van der Waals surface area contributed by atoms with Crippen LogP contribution in [0.25, 0.3) is 67.3 Å². The molecule has 0 fully saturated rings. The van der Waals surface area contributed by atoms with Gasteiger partial charge in [0.15, 0.2) is 46.0 Å². The van der Waals surface area contributed by atoms with Crippen LogP contribution in [0, 0.1) is 18.2 Å². The van der Waals surface area contributed by atoms with Crippen molar-refractivity contribution >= 4 is 10.1 Å². The van der Waals surface area contributed by atoms with Gasteiger partial charge in [-0.15, -0.1) is 108 Å². The number of fused-ring (bicyclic) bond motifs is 4. The van der Waals surface area contributed by atoms with Crippen molar-refractivity contribution in [2.45, 2.75) is 5.51 Å². The van der Waals surface area contributed by atoms with Crippen molar-refractivity contribution < 1.29 is 95.5 Å². The van der Waals surface area contributed by atoms with Crippen LogP contribution < -0.4 is 18.9 Å². The predicted octanol–water partition coefficient (Wildman–Crippen LogP) is 17.1. The first kappa shape index (κ1) is 69.6. The maximum absolute atomic E-state index is 10.7. The molecule has 2 aliphatic heterocycles. The molecule has 8 aromatic carbocycles. The molecule has 0 unspecified atom stereocenters. The first-order valence-corrected chi connectivity index (χ1v) is 28.2. The molecule has 0 spiro atoms. The van der Waals surface area contributed by atoms with Gasteiger partial charge in [0, 0.05) is 78.5 Å². The Morgan fingerprint density at radius 2 is 0.667 bits per heavy atom. The molecule has 0 saturated carbocycles. The van der Waals surface area contributed by atoms with E-state index in [1.807, 2.05) is 224 Å². The van der Waals surface area contributed by atoms with Crippen LogP contribution in [0.5, 0.6) is 46.0 Å². The van der Waals surface area contributed by atoms with Crippen LogP contribution in [0.1, 0.15) is 0 Å². The van der Waals surface area contributed by atoms with Crippen LogP contribution in [-0.4, -0.2) is 62.8 Å². The number of aromatic nitrogens is 4. The van der Waals surface area contributed by atoms with E-state index >= 15 is 0 Å². The molecule has 12 aromatic rings. The van der Waals surface area contributed by atoms with Crippen LogP contribution in [0.4, 0.5) is 13.2 Å². The minimum atomic E-state index is -5.84. The quantitative estimate of drug-likeness (QED) is 0.0813. The molecule has 14 rings (SSSR count). The van der Waals surface area contributed by atoms with E-state index in [0.717, 1.165) is 81.5 Å². The molecule has 90 heavy (non-hydrogen) atoms. The Hall–Kier alpha value is -9.52. The number of hydrogen-bond donors (Lipinski definition) is 3. The summed E-state index contributed by atoms with van der Waals surface area (Å²) in [4.78, 5) is 17.4. The topological polar surface area (TPSA) is 183 Å². The third-order valence-corrected chi connectivity index (χ3v) is 12.9. The molecule has 6 heterocycles. The third kappa shape index (κ3) is 19.5. The molecule has 0 bridgehead atoms. The van der Waals surface area contributed by atoms with Gasteiger partial charge >= 0.3 is 15.6 Å². The van der Waals surface area contributed by atoms with Crippen LogP contribution in [0.3, 0.4) is 0 Å². The Bertz CT molecular complexity index is 3700. The molecule has 2 aliphatic rings. The number of hydrogen-bond acceptors (Lipinski definition) is 12. The molecule has 4 aromatic heterocycles. The fraction of sp³-hybridized carbons (Fsp3) is 0.0423. The maximum atomic E-state index is 10.7. The summed E-state index contributed by atoms with van der Waals surface area (Å²) in [5.74, 6) is 5.39. The van der Waals surface area contributed by atoms with E-state index in [1.165, 1.54) is 0 Å². The predicted molar refractivity (Wildman–Crippen MR) is 333 cm³/mol. The smallest absolute Gasteiger partial charge is 0.450 e. The first-order valence-electron chi connectivity index (χ1n) is 26.7. The van der Waals surface area contributed by atoms with Gasteiger partial charge in [0.1, 0.15) is 0 Å². The zero-order chi connectivity index (χ0) is 62.1. The molecule has 0 amide bonds. The minimum Gasteiger partial charge on any atom is -0.450 e. The summed E-state index contributed by atoms with van der Waals surface area (Å²) in [7, 11) is -3.84. The normalized spacial score (nSPS) is 10.7. The summed E-state index contributed by atoms with van der Waals surface area (Å²) in [6.07, 6.45) is 6.98. The second kappa shape index (κ2) is 34.9. The number of benzene rings is 8. The van der Waals surface area contributed by atoms with Crippen molar-refractivity contribution in [2.75, 3.05) is 14.2 Å². The number of halogens is 3. The number of aliphatic hydroxyl groups is 2. The largest absolute Gasteiger partial charge is 0.522 e. The fourth-order valence-corrected chi connectivity index (χ4v) is 8.22. The molecule has 0 aliphatic carbocycles. The van der Waals surface area contributed by atoms with Crippen LogP contribution in [0.2, 0.25) is 0 Å². The molecule has 460 valence electrons. The Morgan fingerprint density at radius 1 is 0.344 bits per heavy atom. The Morgan fingerprint density at radius 3 is 1.02 bits per heavy atom. The SMILES string of the molecule is CO.CO.O=S(=O)(O)C(F)(F)F.[Ir].[Ir].[c-]1ccccc1-c1cc2c(cn1)Oc1ccc(-c3ccccc3)cc1O2.[c-]1ccccc1-c1ccccn1.[c-]1ccccc1-c1ccccn1.c1ccc(-c2ccc3c(c2)Oc2cc(-c4ccccc4)ncc2O3)cc1. The zero-order valence-electron chi connectivity index (χ0n) is 47.8. The molecular formula is C71H54F3Ir2N4O9S-3. The number of aliphatic hydroxyl groups excluding tert-OH is 2. The van der Waals surface area contributed by atoms with E-state index in [4.69, 9.17) is 42.1 Å². The molecule has 13 nitrogen and oxygen atoms in total. The van der Waals surface area contributed by atoms with Crippen molar-refractivity contribution in [1.82, 2.24) is 19.9 Å². The Labute approximate surface area is 546 Å². The summed E-state index contributed by atoms with van der Waals surface area (Å²) in [6, 6.07) is 90.8.